The van der Waals surface area contributed by atoms with Gasteiger partial charge in [0.1, 0.15) is 0 Å². The lowest BCUT2D eigenvalue weighted by molar-refractivity contribution is 0.490. The molecule has 4 aliphatic rings. The van der Waals surface area contributed by atoms with Gasteiger partial charge in [-0.1, -0.05) is 183 Å². The van der Waals surface area contributed by atoms with Gasteiger partial charge in [0, 0.05) is 38.7 Å². The van der Waals surface area contributed by atoms with Crippen LogP contribution in [0.5, 0.6) is 0 Å². The molecule has 0 saturated carbocycles. The highest BCUT2D eigenvalue weighted by atomic mass is 15.1. The van der Waals surface area contributed by atoms with Crippen LogP contribution in [-0.4, -0.2) is 0 Å². The van der Waals surface area contributed by atoms with Crippen molar-refractivity contribution in [1.82, 2.24) is 0 Å². The Kier molecular flexibility index (Phi) is 11.2. The third kappa shape index (κ3) is 6.43. The fraction of sp³-hybridized carbons (Fsp3) is 0.270. The summed E-state index contributed by atoms with van der Waals surface area (Å²) in [5.41, 5.74) is 31.6. The van der Waals surface area contributed by atoms with E-state index in [9.17, 15) is 0 Å². The van der Waals surface area contributed by atoms with E-state index in [4.69, 9.17) is 0 Å². The van der Waals surface area contributed by atoms with Crippen molar-refractivity contribution in [2.45, 2.75) is 128 Å². The van der Waals surface area contributed by atoms with E-state index in [0.29, 0.717) is 0 Å². The van der Waals surface area contributed by atoms with Crippen molar-refractivity contribution < 1.29 is 0 Å². The van der Waals surface area contributed by atoms with Crippen LogP contribution >= 0.6 is 0 Å². The Labute approximate surface area is 447 Å². The van der Waals surface area contributed by atoms with Crippen molar-refractivity contribution in [3.8, 4) is 66.8 Å². The molecule has 1 nitrogen and oxygen atoms in total. The Hall–Kier alpha value is -7.22. The number of hydrogen-bond donors (Lipinski definition) is 0. The summed E-state index contributed by atoms with van der Waals surface area (Å²) >= 11 is 0. The minimum Gasteiger partial charge on any atom is -0.310 e. The van der Waals surface area contributed by atoms with Crippen LogP contribution in [-0.2, 0) is 21.7 Å². The largest absolute Gasteiger partial charge is 0.310 e. The first-order valence-corrected chi connectivity index (χ1v) is 28.6. The topological polar surface area (TPSA) is 3.24 Å². The van der Waals surface area contributed by atoms with Crippen LogP contribution in [0.25, 0.3) is 66.8 Å². The maximum absolute atomic E-state index is 2.56. The Morgan fingerprint density at radius 3 is 0.800 bits per heavy atom. The molecule has 13 rings (SSSR count). The van der Waals surface area contributed by atoms with Crippen molar-refractivity contribution in [1.29, 1.82) is 0 Å². The Morgan fingerprint density at radius 2 is 0.480 bits per heavy atom. The molecule has 9 aromatic rings. The van der Waals surface area contributed by atoms with E-state index in [1.807, 2.05) is 0 Å². The molecule has 1 heteroatoms. The van der Waals surface area contributed by atoms with Gasteiger partial charge < -0.3 is 4.90 Å². The molecule has 0 unspecified atom stereocenters. The molecule has 0 aliphatic heterocycles. The van der Waals surface area contributed by atoms with Crippen molar-refractivity contribution in [2.24, 2.45) is 0 Å². The van der Waals surface area contributed by atoms with E-state index in [0.717, 1.165) is 51.4 Å². The van der Waals surface area contributed by atoms with Crippen LogP contribution in [0.4, 0.5) is 17.1 Å². The summed E-state index contributed by atoms with van der Waals surface area (Å²) in [6.45, 7) is 19.1. The number of anilines is 3. The lowest BCUT2D eigenvalue weighted by Crippen LogP contribution is -2.24. The standard InChI is InChI=1S/C74H71N/c1-9-71(10-2)63-28-22-20-26-55(63)57-36-30-48(42-65(57)71)50-32-38-59-61-40-34-53(46-69(61)73(13-5,14-6)67(59)44-50)75(52-24-18-17-19-25-52)54-35-41-62-60-39-33-51(45-68(60)74(15-7,16-8)70(62)47-54)49-31-37-58-56-27-21-23-29-64(56)72(11-3,12-4)66(58)43-49/h17-47H,9-16H2,1-8H3. The SMILES string of the molecule is CCC1(CC)c2ccccc2-c2ccc(-c3ccc4c(c3)C(CC)(CC)c3cc(N(c5ccccc5)c5ccc6c(c5)C(CC)(CC)c5cc(-c7ccc8c(c7)C(CC)(CC)c7ccccc7-8)ccc5-6)ccc3-4)cc21. The molecular weight excluding hydrogens is 903 g/mol. The first-order valence-electron chi connectivity index (χ1n) is 28.6. The number of benzene rings is 9. The zero-order valence-corrected chi connectivity index (χ0v) is 45.5. The molecule has 0 amide bonds. The predicted molar refractivity (Wildman–Crippen MR) is 319 cm³/mol. The van der Waals surface area contributed by atoms with Crippen molar-refractivity contribution in [3.05, 3.63) is 233 Å². The van der Waals surface area contributed by atoms with Crippen molar-refractivity contribution in [2.75, 3.05) is 4.90 Å². The molecule has 0 aromatic heterocycles. The van der Waals surface area contributed by atoms with E-state index >= 15 is 0 Å². The van der Waals surface area contributed by atoms with Gasteiger partial charge in [0.15, 0.2) is 0 Å². The average molecular weight is 974 g/mol. The van der Waals surface area contributed by atoms with Crippen LogP contribution < -0.4 is 4.90 Å². The summed E-state index contributed by atoms with van der Waals surface area (Å²) in [5.74, 6) is 0. The monoisotopic (exact) mass is 974 g/mol. The van der Waals surface area contributed by atoms with E-state index in [-0.39, 0.29) is 21.7 Å². The molecular formula is C74H71N. The molecule has 0 bridgehead atoms. The minimum absolute atomic E-state index is 0.0434. The molecule has 0 fully saturated rings. The van der Waals surface area contributed by atoms with E-state index < -0.39 is 0 Å². The van der Waals surface area contributed by atoms with Gasteiger partial charge in [0.25, 0.3) is 0 Å². The van der Waals surface area contributed by atoms with E-state index in [1.165, 1.54) is 128 Å². The smallest absolute Gasteiger partial charge is 0.0465 e. The maximum atomic E-state index is 2.56. The summed E-state index contributed by atoms with van der Waals surface area (Å²) < 4.78 is 0. The number of nitrogens with zero attached hydrogens (tertiary/aromatic N) is 1. The Morgan fingerprint density at radius 1 is 0.227 bits per heavy atom. The van der Waals surface area contributed by atoms with Crippen LogP contribution in [0.3, 0.4) is 0 Å². The summed E-state index contributed by atoms with van der Waals surface area (Å²) in [5, 5.41) is 0. The minimum atomic E-state index is -0.114. The summed E-state index contributed by atoms with van der Waals surface area (Å²) in [4.78, 5) is 2.53. The average Bonchev–Trinajstić information content (AvgIpc) is 4.21. The maximum Gasteiger partial charge on any atom is 0.0465 e. The van der Waals surface area contributed by atoms with Crippen LogP contribution in [0.2, 0.25) is 0 Å². The van der Waals surface area contributed by atoms with Crippen molar-refractivity contribution >= 4 is 17.1 Å². The van der Waals surface area contributed by atoms with Gasteiger partial charge in [-0.05, 0) is 223 Å². The molecule has 75 heavy (non-hydrogen) atoms. The van der Waals surface area contributed by atoms with E-state index in [1.54, 1.807) is 0 Å². The molecule has 9 aromatic carbocycles. The molecule has 372 valence electrons. The normalized spacial score (nSPS) is 15.8. The van der Waals surface area contributed by atoms with Crippen LogP contribution in [0.1, 0.15) is 151 Å². The zero-order chi connectivity index (χ0) is 51.4. The fourth-order valence-electron chi connectivity index (χ4n) is 15.9. The molecule has 0 radical (unpaired) electrons. The summed E-state index contributed by atoms with van der Waals surface area (Å²) in [6, 6.07) is 73.6. The molecule has 0 atom stereocenters. The van der Waals surface area contributed by atoms with Gasteiger partial charge in [0.2, 0.25) is 0 Å². The highest BCUT2D eigenvalue weighted by molar-refractivity contribution is 5.92. The van der Waals surface area contributed by atoms with Gasteiger partial charge in [-0.3, -0.25) is 0 Å². The number of para-hydroxylation sites is 1. The third-order valence-electron chi connectivity index (χ3n) is 20.2. The number of rotatable bonds is 13. The Balaban J connectivity index is 0.885. The first kappa shape index (κ1) is 47.5. The van der Waals surface area contributed by atoms with Gasteiger partial charge in [0.05, 0.1) is 0 Å². The Bertz CT molecular complexity index is 3490. The van der Waals surface area contributed by atoms with Gasteiger partial charge in [-0.15, -0.1) is 0 Å². The van der Waals surface area contributed by atoms with E-state index in [2.05, 4.69) is 248 Å². The quantitative estimate of drug-likeness (QED) is 0.111. The molecule has 0 N–H and O–H groups in total. The second kappa shape index (κ2) is 17.7. The van der Waals surface area contributed by atoms with Crippen LogP contribution in [0.15, 0.2) is 188 Å². The zero-order valence-electron chi connectivity index (χ0n) is 45.5. The molecule has 0 spiro atoms. The second-order valence-electron chi connectivity index (χ2n) is 22.4. The number of fused-ring (bicyclic) bond motifs is 12. The summed E-state index contributed by atoms with van der Waals surface area (Å²) in [7, 11) is 0. The third-order valence-corrected chi connectivity index (χ3v) is 20.2. The van der Waals surface area contributed by atoms with Gasteiger partial charge in [-0.25, -0.2) is 0 Å². The van der Waals surface area contributed by atoms with Crippen LogP contribution in [0, 0.1) is 0 Å². The summed E-state index contributed by atoms with van der Waals surface area (Å²) in [6.07, 6.45) is 8.50. The molecule has 4 aliphatic carbocycles. The van der Waals surface area contributed by atoms with Gasteiger partial charge >= 0.3 is 0 Å². The highest BCUT2D eigenvalue weighted by Crippen LogP contribution is 2.59. The predicted octanol–water partition coefficient (Wildman–Crippen LogP) is 20.8. The highest BCUT2D eigenvalue weighted by Gasteiger charge is 2.45. The van der Waals surface area contributed by atoms with Gasteiger partial charge in [-0.2, -0.15) is 0 Å². The molecule has 0 saturated heterocycles. The fourth-order valence-corrected chi connectivity index (χ4v) is 15.9. The lowest BCUT2D eigenvalue weighted by Gasteiger charge is -2.33. The number of hydrogen-bond acceptors (Lipinski definition) is 1. The second-order valence-corrected chi connectivity index (χ2v) is 22.4. The first-order chi connectivity index (χ1) is 36.7. The lowest BCUT2D eigenvalue weighted by atomic mass is 9.72. The van der Waals surface area contributed by atoms with Crippen molar-refractivity contribution in [3.63, 3.8) is 0 Å². The molecule has 0 heterocycles.